The standard InChI is InChI=1S/C28H29NO5/c1-16-13-26(33-4)18(3)17(2)23(16)14-25(27(30)31)29-28(32)34-15-24-21-11-7-5-9-19(21)20-10-6-8-12-22(20)24/h5-13,24-25H,14-15H2,1-4H3,(H,29,32)(H,30,31). The molecule has 3 aromatic rings. The van der Waals surface area contributed by atoms with Crippen molar-refractivity contribution in [3.05, 3.63) is 88.0 Å². The van der Waals surface area contributed by atoms with Gasteiger partial charge < -0.3 is 19.9 Å². The summed E-state index contributed by atoms with van der Waals surface area (Å²) in [6.07, 6.45) is -0.586. The number of methoxy groups -OCH3 is 1. The van der Waals surface area contributed by atoms with Gasteiger partial charge in [0, 0.05) is 12.3 Å². The van der Waals surface area contributed by atoms with Gasteiger partial charge in [-0.2, -0.15) is 0 Å². The van der Waals surface area contributed by atoms with E-state index in [1.54, 1.807) is 7.11 Å². The van der Waals surface area contributed by atoms with Gasteiger partial charge in [-0.25, -0.2) is 9.59 Å². The summed E-state index contributed by atoms with van der Waals surface area (Å²) in [5.74, 6) is -0.439. The Morgan fingerprint density at radius 3 is 2.12 bits per heavy atom. The van der Waals surface area contributed by atoms with Gasteiger partial charge in [0.15, 0.2) is 0 Å². The lowest BCUT2D eigenvalue weighted by atomic mass is 9.92. The van der Waals surface area contributed by atoms with Crippen LogP contribution in [0.3, 0.4) is 0 Å². The lowest BCUT2D eigenvalue weighted by Crippen LogP contribution is -2.43. The summed E-state index contributed by atoms with van der Waals surface area (Å²) in [6, 6.07) is 16.9. The number of carbonyl (C=O) groups is 2. The molecule has 0 fully saturated rings. The fourth-order valence-electron chi connectivity index (χ4n) is 4.81. The molecule has 1 aliphatic carbocycles. The van der Waals surface area contributed by atoms with Crippen LogP contribution in [0.15, 0.2) is 54.6 Å². The number of alkyl carbamates (subject to hydrolysis) is 1. The highest BCUT2D eigenvalue weighted by molar-refractivity contribution is 5.81. The van der Waals surface area contributed by atoms with E-state index in [1.807, 2.05) is 63.2 Å². The first-order valence-corrected chi connectivity index (χ1v) is 11.3. The number of fused-ring (bicyclic) bond motifs is 3. The van der Waals surface area contributed by atoms with Crippen molar-refractivity contribution in [2.45, 2.75) is 39.2 Å². The van der Waals surface area contributed by atoms with E-state index in [0.29, 0.717) is 0 Å². The molecule has 0 heterocycles. The maximum Gasteiger partial charge on any atom is 0.407 e. The van der Waals surface area contributed by atoms with Crippen LogP contribution >= 0.6 is 0 Å². The second-order valence-electron chi connectivity index (χ2n) is 8.69. The molecule has 0 radical (unpaired) electrons. The second kappa shape index (κ2) is 9.59. The molecule has 2 N–H and O–H groups in total. The molecule has 0 saturated carbocycles. The molecule has 6 heteroatoms. The molecule has 3 aromatic carbocycles. The Hall–Kier alpha value is -3.80. The summed E-state index contributed by atoms with van der Waals surface area (Å²) in [5.41, 5.74) is 8.18. The molecule has 0 bridgehead atoms. The number of carboxylic acids is 1. The van der Waals surface area contributed by atoms with E-state index >= 15 is 0 Å². The Balaban J connectivity index is 1.47. The van der Waals surface area contributed by atoms with Crippen molar-refractivity contribution in [2.75, 3.05) is 13.7 Å². The number of nitrogens with one attached hydrogen (secondary N) is 1. The summed E-state index contributed by atoms with van der Waals surface area (Å²) in [4.78, 5) is 24.6. The summed E-state index contributed by atoms with van der Waals surface area (Å²) in [5, 5.41) is 12.3. The lowest BCUT2D eigenvalue weighted by Gasteiger charge is -2.21. The zero-order valence-corrected chi connectivity index (χ0v) is 19.8. The Morgan fingerprint density at radius 1 is 0.971 bits per heavy atom. The lowest BCUT2D eigenvalue weighted by molar-refractivity contribution is -0.139. The maximum absolute atomic E-state index is 12.6. The molecule has 176 valence electrons. The van der Waals surface area contributed by atoms with Gasteiger partial charge in [-0.05, 0) is 71.3 Å². The fourth-order valence-corrected chi connectivity index (χ4v) is 4.81. The van der Waals surface area contributed by atoms with Crippen molar-refractivity contribution in [1.82, 2.24) is 5.32 Å². The Labute approximate surface area is 199 Å². The molecule has 1 amide bonds. The van der Waals surface area contributed by atoms with Crippen LogP contribution in [0.2, 0.25) is 0 Å². The number of carbonyl (C=O) groups excluding carboxylic acids is 1. The fraction of sp³-hybridized carbons (Fsp3) is 0.286. The molecule has 1 unspecified atom stereocenters. The van der Waals surface area contributed by atoms with E-state index in [1.165, 1.54) is 0 Å². The monoisotopic (exact) mass is 459 g/mol. The van der Waals surface area contributed by atoms with E-state index in [4.69, 9.17) is 9.47 Å². The minimum absolute atomic E-state index is 0.0878. The third-order valence-electron chi connectivity index (χ3n) is 6.77. The zero-order chi connectivity index (χ0) is 24.4. The highest BCUT2D eigenvalue weighted by Gasteiger charge is 2.30. The molecule has 34 heavy (non-hydrogen) atoms. The maximum atomic E-state index is 12.6. The number of hydrogen-bond acceptors (Lipinski definition) is 4. The van der Waals surface area contributed by atoms with E-state index in [9.17, 15) is 14.7 Å². The molecule has 6 nitrogen and oxygen atoms in total. The number of rotatable bonds is 7. The van der Waals surface area contributed by atoms with Crippen molar-refractivity contribution < 1.29 is 24.2 Å². The van der Waals surface area contributed by atoms with E-state index in [0.717, 1.165) is 50.3 Å². The number of ether oxygens (including phenoxy) is 2. The Bertz CT molecular complexity index is 1200. The van der Waals surface area contributed by atoms with Crippen LogP contribution in [-0.4, -0.2) is 36.9 Å². The van der Waals surface area contributed by atoms with Crippen LogP contribution in [0.4, 0.5) is 4.79 Å². The molecule has 1 atom stereocenters. The highest BCUT2D eigenvalue weighted by atomic mass is 16.5. The topological polar surface area (TPSA) is 84.9 Å². The first-order chi connectivity index (χ1) is 16.3. The van der Waals surface area contributed by atoms with Gasteiger partial charge in [-0.15, -0.1) is 0 Å². The van der Waals surface area contributed by atoms with Crippen molar-refractivity contribution in [1.29, 1.82) is 0 Å². The van der Waals surface area contributed by atoms with Crippen LogP contribution in [0.5, 0.6) is 5.75 Å². The molecule has 0 spiro atoms. The summed E-state index contributed by atoms with van der Waals surface area (Å²) in [7, 11) is 1.61. The molecule has 0 saturated heterocycles. The normalized spacial score (nSPS) is 13.1. The van der Waals surface area contributed by atoms with Crippen LogP contribution in [0.25, 0.3) is 11.1 Å². The average Bonchev–Trinajstić information content (AvgIpc) is 3.15. The quantitative estimate of drug-likeness (QED) is 0.510. The molecular formula is C28H29NO5. The first kappa shape index (κ1) is 23.4. The highest BCUT2D eigenvalue weighted by Crippen LogP contribution is 2.44. The number of hydrogen-bond donors (Lipinski definition) is 2. The SMILES string of the molecule is COc1cc(C)c(CC(NC(=O)OCC2c3ccccc3-c3ccccc32)C(=O)O)c(C)c1C. The van der Waals surface area contributed by atoms with Crippen molar-refractivity contribution in [3.8, 4) is 16.9 Å². The minimum atomic E-state index is -1.11. The number of amides is 1. The van der Waals surface area contributed by atoms with E-state index in [2.05, 4.69) is 17.4 Å². The van der Waals surface area contributed by atoms with Crippen molar-refractivity contribution in [2.24, 2.45) is 0 Å². The van der Waals surface area contributed by atoms with Crippen molar-refractivity contribution in [3.63, 3.8) is 0 Å². The molecule has 4 rings (SSSR count). The second-order valence-corrected chi connectivity index (χ2v) is 8.69. The third-order valence-corrected chi connectivity index (χ3v) is 6.77. The van der Waals surface area contributed by atoms with E-state index < -0.39 is 18.1 Å². The number of benzene rings is 3. The van der Waals surface area contributed by atoms with Crippen molar-refractivity contribution >= 4 is 12.1 Å². The van der Waals surface area contributed by atoms with Gasteiger partial charge in [-0.3, -0.25) is 0 Å². The van der Waals surface area contributed by atoms with Gasteiger partial charge in [0.1, 0.15) is 18.4 Å². The molecular weight excluding hydrogens is 430 g/mol. The van der Waals surface area contributed by atoms with Gasteiger partial charge >= 0.3 is 12.1 Å². The number of aliphatic carboxylic acids is 1. The average molecular weight is 460 g/mol. The first-order valence-electron chi connectivity index (χ1n) is 11.3. The summed E-state index contributed by atoms with van der Waals surface area (Å²) in [6.45, 7) is 5.92. The van der Waals surface area contributed by atoms with E-state index in [-0.39, 0.29) is 18.9 Å². The molecule has 0 aliphatic heterocycles. The van der Waals surface area contributed by atoms with Crippen LogP contribution < -0.4 is 10.1 Å². The van der Waals surface area contributed by atoms with Gasteiger partial charge in [0.25, 0.3) is 0 Å². The number of carboxylic acid groups (broad SMARTS) is 1. The molecule has 1 aliphatic rings. The van der Waals surface area contributed by atoms with Gasteiger partial charge in [0.2, 0.25) is 0 Å². The summed E-state index contributed by atoms with van der Waals surface area (Å²) >= 11 is 0. The predicted molar refractivity (Wildman–Crippen MR) is 131 cm³/mol. The Morgan fingerprint density at radius 2 is 1.56 bits per heavy atom. The zero-order valence-electron chi connectivity index (χ0n) is 19.8. The van der Waals surface area contributed by atoms with Crippen LogP contribution in [0, 0.1) is 20.8 Å². The minimum Gasteiger partial charge on any atom is -0.496 e. The number of aryl methyl sites for hydroxylation is 1. The van der Waals surface area contributed by atoms with Gasteiger partial charge in [-0.1, -0.05) is 48.5 Å². The third kappa shape index (κ3) is 4.36. The smallest absolute Gasteiger partial charge is 0.407 e. The summed E-state index contributed by atoms with van der Waals surface area (Å²) < 4.78 is 10.9. The Kier molecular flexibility index (Phi) is 6.59. The van der Waals surface area contributed by atoms with Crippen LogP contribution in [-0.2, 0) is 16.0 Å². The van der Waals surface area contributed by atoms with Crippen LogP contribution in [0.1, 0.15) is 39.3 Å². The largest absolute Gasteiger partial charge is 0.496 e. The van der Waals surface area contributed by atoms with Gasteiger partial charge in [0.05, 0.1) is 7.11 Å². The predicted octanol–water partition coefficient (Wildman–Crippen LogP) is 5.15. The molecule has 0 aromatic heterocycles.